The predicted octanol–water partition coefficient (Wildman–Crippen LogP) is 6.15. The summed E-state index contributed by atoms with van der Waals surface area (Å²) >= 11 is 13.3. The molecule has 0 aliphatic heterocycles. The van der Waals surface area contributed by atoms with Crippen molar-refractivity contribution in [2.75, 3.05) is 0 Å². The molecule has 0 aliphatic carbocycles. The van der Waals surface area contributed by atoms with Crippen LogP contribution in [0, 0.1) is 0 Å². The number of nitrogens with zero attached hydrogens (tertiary/aromatic N) is 3. The lowest BCUT2D eigenvalue weighted by atomic mass is 10.2. The van der Waals surface area contributed by atoms with Gasteiger partial charge in [0.1, 0.15) is 22.8 Å². The average Bonchev–Trinajstić information content (AvgIpc) is 3.06. The summed E-state index contributed by atoms with van der Waals surface area (Å²) in [5.74, 6) is 1.33. The quantitative estimate of drug-likeness (QED) is 0.250. The third-order valence-electron chi connectivity index (χ3n) is 3.80. The van der Waals surface area contributed by atoms with Crippen LogP contribution in [0.2, 0.25) is 0 Å². The van der Waals surface area contributed by atoms with Gasteiger partial charge < -0.3 is 15.2 Å². The SMILES string of the molecule is Oc1c(Br)cc(-c2ncc3[nH]c(-c4cc(Br)c(O)c(Br)c4)nc3n2)cc1Br. The number of phenolic OH excluding ortho intramolecular Hbond substituents is 2. The molecule has 0 atom stereocenters. The highest BCUT2D eigenvalue weighted by atomic mass is 79.9. The van der Waals surface area contributed by atoms with Crippen molar-refractivity contribution in [1.29, 1.82) is 0 Å². The van der Waals surface area contributed by atoms with E-state index in [1.165, 1.54) is 0 Å². The summed E-state index contributed by atoms with van der Waals surface area (Å²) in [6.07, 6.45) is 1.66. The fourth-order valence-electron chi connectivity index (χ4n) is 2.48. The van der Waals surface area contributed by atoms with E-state index >= 15 is 0 Å². The summed E-state index contributed by atoms with van der Waals surface area (Å²) in [6.45, 7) is 0. The molecule has 0 unspecified atom stereocenters. The molecule has 0 bridgehead atoms. The van der Waals surface area contributed by atoms with Gasteiger partial charge in [0.25, 0.3) is 0 Å². The largest absolute Gasteiger partial charge is 0.506 e. The summed E-state index contributed by atoms with van der Waals surface area (Å²) in [7, 11) is 0. The third kappa shape index (κ3) is 3.51. The van der Waals surface area contributed by atoms with Crippen molar-refractivity contribution in [2.24, 2.45) is 0 Å². The predicted molar refractivity (Wildman–Crippen MR) is 117 cm³/mol. The van der Waals surface area contributed by atoms with Crippen molar-refractivity contribution < 1.29 is 10.2 Å². The summed E-state index contributed by atoms with van der Waals surface area (Å²) in [5.41, 5.74) is 2.70. The highest BCUT2D eigenvalue weighted by molar-refractivity contribution is 9.11. The lowest BCUT2D eigenvalue weighted by Crippen LogP contribution is -1.90. The molecule has 10 heteroatoms. The Morgan fingerprint density at radius 1 is 0.741 bits per heavy atom. The van der Waals surface area contributed by atoms with Crippen LogP contribution in [0.4, 0.5) is 0 Å². The molecule has 6 nitrogen and oxygen atoms in total. The normalized spacial score (nSPS) is 11.3. The average molecular weight is 620 g/mol. The van der Waals surface area contributed by atoms with Gasteiger partial charge in [-0.2, -0.15) is 0 Å². The lowest BCUT2D eigenvalue weighted by molar-refractivity contribution is 0.468. The minimum absolute atomic E-state index is 0.116. The Morgan fingerprint density at radius 2 is 1.26 bits per heavy atom. The Balaban J connectivity index is 1.81. The lowest BCUT2D eigenvalue weighted by Gasteiger charge is -2.04. The molecular weight excluding hydrogens is 612 g/mol. The molecule has 2 aromatic carbocycles. The van der Waals surface area contributed by atoms with Gasteiger partial charge in [0.15, 0.2) is 11.5 Å². The molecule has 0 spiro atoms. The minimum atomic E-state index is 0.116. The molecule has 0 aliphatic rings. The molecule has 0 radical (unpaired) electrons. The monoisotopic (exact) mass is 616 g/mol. The Bertz CT molecular complexity index is 1110. The number of aromatic nitrogens is 4. The smallest absolute Gasteiger partial charge is 0.181 e. The second-order valence-corrected chi connectivity index (χ2v) is 9.01. The van der Waals surface area contributed by atoms with E-state index < -0.39 is 0 Å². The van der Waals surface area contributed by atoms with Gasteiger partial charge in [-0.25, -0.2) is 15.0 Å². The van der Waals surface area contributed by atoms with E-state index in [0.29, 0.717) is 40.7 Å². The van der Waals surface area contributed by atoms with Crippen LogP contribution in [0.3, 0.4) is 0 Å². The zero-order valence-corrected chi connectivity index (χ0v) is 19.5. The van der Waals surface area contributed by atoms with E-state index in [1.54, 1.807) is 30.5 Å². The van der Waals surface area contributed by atoms with Crippen molar-refractivity contribution in [2.45, 2.75) is 0 Å². The Hall–Kier alpha value is -1.49. The van der Waals surface area contributed by atoms with E-state index in [4.69, 9.17) is 0 Å². The van der Waals surface area contributed by atoms with Crippen molar-refractivity contribution in [3.05, 3.63) is 48.4 Å². The Labute approximate surface area is 186 Å². The molecule has 27 heavy (non-hydrogen) atoms. The number of imidazole rings is 1. The van der Waals surface area contributed by atoms with Crippen LogP contribution in [0.25, 0.3) is 33.9 Å². The molecule has 2 heterocycles. The van der Waals surface area contributed by atoms with Crippen molar-refractivity contribution in [1.82, 2.24) is 19.9 Å². The summed E-state index contributed by atoms with van der Waals surface area (Å²) < 4.78 is 2.19. The first kappa shape index (κ1) is 18.9. The molecule has 4 rings (SSSR count). The number of benzene rings is 2. The molecule has 136 valence electrons. The maximum Gasteiger partial charge on any atom is 0.181 e. The van der Waals surface area contributed by atoms with Gasteiger partial charge in [0.05, 0.1) is 24.1 Å². The maximum atomic E-state index is 9.87. The summed E-state index contributed by atoms with van der Waals surface area (Å²) in [5, 5.41) is 19.7. The number of aromatic hydroxyl groups is 2. The number of hydrogen-bond donors (Lipinski definition) is 3. The van der Waals surface area contributed by atoms with E-state index in [9.17, 15) is 10.2 Å². The molecule has 0 fully saturated rings. The van der Waals surface area contributed by atoms with Crippen molar-refractivity contribution >= 4 is 74.9 Å². The van der Waals surface area contributed by atoms with Gasteiger partial charge in [-0.15, -0.1) is 0 Å². The molecule has 0 saturated heterocycles. The minimum Gasteiger partial charge on any atom is -0.506 e. The molecule has 3 N–H and O–H groups in total. The first-order valence-electron chi connectivity index (χ1n) is 7.43. The highest BCUT2D eigenvalue weighted by Gasteiger charge is 2.14. The van der Waals surface area contributed by atoms with Crippen LogP contribution in [-0.4, -0.2) is 30.1 Å². The number of H-pyrrole nitrogens is 1. The van der Waals surface area contributed by atoms with Crippen molar-refractivity contribution in [3.63, 3.8) is 0 Å². The van der Waals surface area contributed by atoms with Crippen LogP contribution in [-0.2, 0) is 0 Å². The summed E-state index contributed by atoms with van der Waals surface area (Å²) in [4.78, 5) is 16.6. The second kappa shape index (κ2) is 7.16. The van der Waals surface area contributed by atoms with E-state index in [2.05, 4.69) is 83.7 Å². The molecule has 2 aromatic heterocycles. The van der Waals surface area contributed by atoms with Gasteiger partial charge in [0, 0.05) is 11.1 Å². The first-order valence-corrected chi connectivity index (χ1v) is 10.6. The first-order chi connectivity index (χ1) is 12.8. The molecule has 0 amide bonds. The van der Waals surface area contributed by atoms with Crippen LogP contribution < -0.4 is 0 Å². The zero-order valence-electron chi connectivity index (χ0n) is 13.1. The molecule has 0 saturated carbocycles. The topological polar surface area (TPSA) is 94.9 Å². The van der Waals surface area contributed by atoms with Gasteiger partial charge in [-0.3, -0.25) is 0 Å². The number of hydrogen-bond acceptors (Lipinski definition) is 5. The third-order valence-corrected chi connectivity index (χ3v) is 6.22. The molecular formula is C17H8Br4N4O2. The standard InChI is InChI=1S/C17H8Br4N4O2/c18-8-1-6(2-9(19)13(8)26)15-22-5-12-17(24-15)25-16(23-12)7-3-10(20)14(27)11(21)4-7/h1-5,26-27H,(H,22,23,24,25). The van der Waals surface area contributed by atoms with Crippen LogP contribution >= 0.6 is 63.7 Å². The van der Waals surface area contributed by atoms with E-state index in [0.717, 1.165) is 11.1 Å². The van der Waals surface area contributed by atoms with Gasteiger partial charge >= 0.3 is 0 Å². The number of aromatic amines is 1. The van der Waals surface area contributed by atoms with E-state index in [-0.39, 0.29) is 11.5 Å². The summed E-state index contributed by atoms with van der Waals surface area (Å²) in [6, 6.07) is 7.01. The Kier molecular flexibility index (Phi) is 5.00. The number of halogens is 4. The van der Waals surface area contributed by atoms with Gasteiger partial charge in [-0.1, -0.05) is 0 Å². The van der Waals surface area contributed by atoms with E-state index in [1.807, 2.05) is 0 Å². The number of rotatable bonds is 2. The number of fused-ring (bicyclic) bond motifs is 1. The van der Waals surface area contributed by atoms with Crippen LogP contribution in [0.15, 0.2) is 48.4 Å². The fourth-order valence-corrected chi connectivity index (χ4v) is 4.85. The highest BCUT2D eigenvalue weighted by Crippen LogP contribution is 2.37. The van der Waals surface area contributed by atoms with Gasteiger partial charge in [-0.05, 0) is 88.0 Å². The number of phenols is 2. The zero-order chi connectivity index (χ0) is 19.3. The number of nitrogens with one attached hydrogen (secondary N) is 1. The maximum absolute atomic E-state index is 9.87. The van der Waals surface area contributed by atoms with Crippen LogP contribution in [0.1, 0.15) is 0 Å². The van der Waals surface area contributed by atoms with Crippen molar-refractivity contribution in [3.8, 4) is 34.3 Å². The second-order valence-electron chi connectivity index (χ2n) is 5.59. The fraction of sp³-hybridized carbons (Fsp3) is 0. The van der Waals surface area contributed by atoms with Gasteiger partial charge in [0.2, 0.25) is 0 Å². The van der Waals surface area contributed by atoms with Crippen LogP contribution in [0.5, 0.6) is 11.5 Å². The Morgan fingerprint density at radius 3 is 1.81 bits per heavy atom. The molecule has 4 aromatic rings.